The van der Waals surface area contributed by atoms with Crippen LogP contribution in [-0.2, 0) is 14.9 Å². The molecule has 3 rings (SSSR count). The van der Waals surface area contributed by atoms with Crippen molar-refractivity contribution in [3.05, 3.63) is 52.1 Å². The molecule has 1 aromatic carbocycles. The number of hydrogen-bond acceptors (Lipinski definition) is 4. The van der Waals surface area contributed by atoms with Crippen molar-refractivity contribution in [2.24, 2.45) is 0 Å². The van der Waals surface area contributed by atoms with Crippen molar-refractivity contribution in [2.45, 2.75) is 37.5 Å². The third kappa shape index (κ3) is 4.77. The predicted molar refractivity (Wildman–Crippen MR) is 111 cm³/mol. The van der Waals surface area contributed by atoms with Gasteiger partial charge in [-0.2, -0.15) is 0 Å². The van der Waals surface area contributed by atoms with E-state index < -0.39 is 5.41 Å². The molecule has 0 aliphatic heterocycles. The Bertz CT molecular complexity index is 806. The van der Waals surface area contributed by atoms with E-state index in [1.54, 1.807) is 37.6 Å². The van der Waals surface area contributed by atoms with Crippen LogP contribution >= 0.6 is 23.2 Å². The number of methoxy groups -OCH3 is 1. The first-order valence-electron chi connectivity index (χ1n) is 9.40. The second kappa shape index (κ2) is 9.59. The molecule has 1 aliphatic carbocycles. The molecule has 150 valence electrons. The molecule has 1 N–H and O–H groups in total. The minimum absolute atomic E-state index is 0.0636. The van der Waals surface area contributed by atoms with E-state index >= 15 is 0 Å². The summed E-state index contributed by atoms with van der Waals surface area (Å²) in [5.41, 5.74) is 0.801. The second-order valence-electron chi connectivity index (χ2n) is 6.95. The highest BCUT2D eigenvalue weighted by molar-refractivity contribution is 6.35. The summed E-state index contributed by atoms with van der Waals surface area (Å²) in [6, 6.07) is 8.89. The number of rotatable bonds is 7. The zero-order valence-corrected chi connectivity index (χ0v) is 17.4. The molecule has 28 heavy (non-hydrogen) atoms. The van der Waals surface area contributed by atoms with E-state index in [4.69, 9.17) is 32.7 Å². The van der Waals surface area contributed by atoms with Gasteiger partial charge in [0.1, 0.15) is 6.61 Å². The van der Waals surface area contributed by atoms with Crippen molar-refractivity contribution in [2.75, 3.05) is 25.6 Å². The molecule has 0 spiro atoms. The quantitative estimate of drug-likeness (QED) is 0.618. The van der Waals surface area contributed by atoms with Gasteiger partial charge in [-0.25, -0.2) is 4.98 Å². The number of halogens is 2. The van der Waals surface area contributed by atoms with Crippen LogP contribution in [0.5, 0.6) is 5.88 Å². The first kappa shape index (κ1) is 20.9. The molecule has 7 heteroatoms. The summed E-state index contributed by atoms with van der Waals surface area (Å²) in [5, 5.41) is 4.11. The van der Waals surface area contributed by atoms with Crippen LogP contribution in [-0.4, -0.2) is 31.2 Å². The van der Waals surface area contributed by atoms with Crippen LogP contribution in [0.3, 0.4) is 0 Å². The van der Waals surface area contributed by atoms with Crippen LogP contribution in [0.4, 0.5) is 5.69 Å². The summed E-state index contributed by atoms with van der Waals surface area (Å²) >= 11 is 12.5. The van der Waals surface area contributed by atoms with Gasteiger partial charge in [-0.15, -0.1) is 0 Å². The van der Waals surface area contributed by atoms with E-state index in [2.05, 4.69) is 10.3 Å². The highest BCUT2D eigenvalue weighted by Gasteiger charge is 2.42. The second-order valence-corrected chi connectivity index (χ2v) is 7.79. The first-order chi connectivity index (χ1) is 13.5. The van der Waals surface area contributed by atoms with Crippen molar-refractivity contribution in [3.8, 4) is 5.88 Å². The molecule has 0 radical (unpaired) electrons. The largest absolute Gasteiger partial charge is 0.475 e. The molecule has 1 aliphatic rings. The highest BCUT2D eigenvalue weighted by atomic mass is 35.5. The van der Waals surface area contributed by atoms with Crippen LogP contribution in [0, 0.1) is 0 Å². The normalized spacial score (nSPS) is 15.8. The number of benzene rings is 1. The molecule has 0 saturated heterocycles. The number of ether oxygens (including phenoxy) is 2. The Balaban J connectivity index is 1.79. The van der Waals surface area contributed by atoms with Crippen molar-refractivity contribution in [1.82, 2.24) is 4.98 Å². The van der Waals surface area contributed by atoms with Crippen LogP contribution in [0.15, 0.2) is 36.5 Å². The van der Waals surface area contributed by atoms with E-state index in [1.165, 1.54) is 0 Å². The molecule has 0 bridgehead atoms. The molecule has 1 saturated carbocycles. The maximum atomic E-state index is 13.3. The number of amides is 1. The van der Waals surface area contributed by atoms with Gasteiger partial charge in [0.15, 0.2) is 0 Å². The number of pyridine rings is 1. The fourth-order valence-corrected chi connectivity index (χ4v) is 4.26. The van der Waals surface area contributed by atoms with Crippen LogP contribution < -0.4 is 10.1 Å². The predicted octanol–water partition coefficient (Wildman–Crippen LogP) is 5.25. The summed E-state index contributed by atoms with van der Waals surface area (Å²) in [7, 11) is 1.61. The van der Waals surface area contributed by atoms with Crippen LogP contribution in [0.2, 0.25) is 10.0 Å². The minimum atomic E-state index is -0.659. The summed E-state index contributed by atoms with van der Waals surface area (Å²) in [4.78, 5) is 17.6. The van der Waals surface area contributed by atoms with Gasteiger partial charge in [0.2, 0.25) is 11.8 Å². The molecule has 0 unspecified atom stereocenters. The van der Waals surface area contributed by atoms with Crippen LogP contribution in [0.25, 0.3) is 0 Å². The number of nitrogens with one attached hydrogen (secondary N) is 1. The highest BCUT2D eigenvalue weighted by Crippen LogP contribution is 2.43. The van der Waals surface area contributed by atoms with Crippen molar-refractivity contribution in [1.29, 1.82) is 0 Å². The minimum Gasteiger partial charge on any atom is -0.475 e. The Labute approximate surface area is 175 Å². The number of carbonyl (C=O) groups is 1. The third-order valence-electron chi connectivity index (χ3n) is 5.12. The lowest BCUT2D eigenvalue weighted by Crippen LogP contribution is -2.42. The first-order valence-corrected chi connectivity index (χ1v) is 10.2. The number of carbonyl (C=O) groups excluding carboxylic acids is 1. The number of aromatic nitrogens is 1. The third-order valence-corrected chi connectivity index (χ3v) is 5.67. The molecule has 0 atom stereocenters. The molecule has 1 amide bonds. The van der Waals surface area contributed by atoms with Gasteiger partial charge in [-0.05, 0) is 36.6 Å². The number of anilines is 1. The molecule has 1 heterocycles. The maximum absolute atomic E-state index is 13.3. The Hall–Kier alpha value is -1.82. The lowest BCUT2D eigenvalue weighted by molar-refractivity contribution is -0.122. The van der Waals surface area contributed by atoms with E-state index in [1.807, 2.05) is 6.07 Å². The molecule has 5 nitrogen and oxygen atoms in total. The van der Waals surface area contributed by atoms with Gasteiger partial charge in [0.25, 0.3) is 0 Å². The summed E-state index contributed by atoms with van der Waals surface area (Å²) in [5.74, 6) is 0.425. The van der Waals surface area contributed by atoms with Crippen molar-refractivity contribution in [3.63, 3.8) is 0 Å². The summed E-state index contributed by atoms with van der Waals surface area (Å²) in [6.07, 6.45) is 6.20. The SMILES string of the molecule is COCCOc1ccc(NC(=O)C2(c3ccc(Cl)cc3Cl)CCCCC2)cn1. The van der Waals surface area contributed by atoms with Gasteiger partial charge in [-0.1, -0.05) is 48.5 Å². The number of nitrogens with zero attached hydrogens (tertiary/aromatic N) is 1. The van der Waals surface area contributed by atoms with Gasteiger partial charge < -0.3 is 14.8 Å². The Morgan fingerprint density at radius 2 is 1.93 bits per heavy atom. The van der Waals surface area contributed by atoms with E-state index in [0.717, 1.165) is 37.7 Å². The number of hydrogen-bond donors (Lipinski definition) is 1. The average Bonchev–Trinajstić information content (AvgIpc) is 2.70. The lowest BCUT2D eigenvalue weighted by Gasteiger charge is -2.37. The maximum Gasteiger partial charge on any atom is 0.235 e. The molecular formula is C21H24Cl2N2O3. The summed E-state index contributed by atoms with van der Waals surface area (Å²) in [6.45, 7) is 0.915. The molecule has 2 aromatic rings. The zero-order chi connectivity index (χ0) is 20.0. The Kier molecular flexibility index (Phi) is 7.16. The standard InChI is InChI=1S/C21H24Cl2N2O3/c1-27-11-12-28-19-8-6-16(14-24-19)25-20(26)21(9-3-2-4-10-21)17-7-5-15(22)13-18(17)23/h5-8,13-14H,2-4,9-12H2,1H3,(H,25,26). The monoisotopic (exact) mass is 422 g/mol. The van der Waals surface area contributed by atoms with E-state index in [-0.39, 0.29) is 5.91 Å². The molecule has 1 fully saturated rings. The summed E-state index contributed by atoms with van der Waals surface area (Å²) < 4.78 is 10.4. The van der Waals surface area contributed by atoms with Gasteiger partial charge in [0.05, 0.1) is 23.9 Å². The molecule has 1 aromatic heterocycles. The van der Waals surface area contributed by atoms with Crippen molar-refractivity contribution < 1.29 is 14.3 Å². The van der Waals surface area contributed by atoms with Gasteiger partial charge in [0, 0.05) is 23.2 Å². The topological polar surface area (TPSA) is 60.5 Å². The zero-order valence-electron chi connectivity index (χ0n) is 15.8. The average molecular weight is 423 g/mol. The van der Waals surface area contributed by atoms with Gasteiger partial charge >= 0.3 is 0 Å². The Morgan fingerprint density at radius 3 is 2.57 bits per heavy atom. The smallest absolute Gasteiger partial charge is 0.235 e. The fraction of sp³-hybridized carbons (Fsp3) is 0.429. The van der Waals surface area contributed by atoms with E-state index in [0.29, 0.717) is 34.8 Å². The van der Waals surface area contributed by atoms with Gasteiger partial charge in [-0.3, -0.25) is 4.79 Å². The Morgan fingerprint density at radius 1 is 1.14 bits per heavy atom. The lowest BCUT2D eigenvalue weighted by atomic mass is 9.68. The fourth-order valence-electron chi connectivity index (χ4n) is 3.67. The molecular weight excluding hydrogens is 399 g/mol. The van der Waals surface area contributed by atoms with Crippen LogP contribution in [0.1, 0.15) is 37.7 Å². The van der Waals surface area contributed by atoms with E-state index in [9.17, 15) is 4.79 Å². The van der Waals surface area contributed by atoms with Crippen molar-refractivity contribution >= 4 is 34.8 Å².